The number of ether oxygens (including phenoxy) is 1. The molecule has 2 aromatic rings. The molecule has 0 aromatic carbocycles. The van der Waals surface area contributed by atoms with Gasteiger partial charge in [-0.2, -0.15) is 13.2 Å². The Bertz CT molecular complexity index is 948. The lowest BCUT2D eigenvalue weighted by molar-refractivity contribution is -0.154. The van der Waals surface area contributed by atoms with Crippen LogP contribution in [0.5, 0.6) is 5.88 Å². The lowest BCUT2D eigenvalue weighted by atomic mass is 10.1. The van der Waals surface area contributed by atoms with Crippen molar-refractivity contribution >= 4 is 17.6 Å². The first-order valence-corrected chi connectivity index (χ1v) is 8.90. The molecule has 7 nitrogen and oxygen atoms in total. The Morgan fingerprint density at radius 1 is 1.13 bits per heavy atom. The molecule has 2 aromatic heterocycles. The minimum atomic E-state index is -4.62. The van der Waals surface area contributed by atoms with Gasteiger partial charge in [-0.3, -0.25) is 9.59 Å². The van der Waals surface area contributed by atoms with Crippen LogP contribution in [-0.4, -0.2) is 34.6 Å². The highest BCUT2D eigenvalue weighted by molar-refractivity contribution is 5.96. The Morgan fingerprint density at radius 3 is 2.47 bits per heavy atom. The lowest BCUT2D eigenvalue weighted by Crippen LogP contribution is -2.24. The number of amides is 2. The monoisotopic (exact) mass is 428 g/mol. The molecule has 0 aliphatic heterocycles. The molecule has 0 saturated heterocycles. The molecule has 2 heterocycles. The van der Waals surface area contributed by atoms with Crippen molar-refractivity contribution in [1.29, 1.82) is 0 Å². The van der Waals surface area contributed by atoms with E-state index in [0.29, 0.717) is 5.69 Å². The second-order valence-corrected chi connectivity index (χ2v) is 6.39. The highest BCUT2D eigenvalue weighted by Gasteiger charge is 2.29. The van der Waals surface area contributed by atoms with Gasteiger partial charge in [-0.05, 0) is 37.6 Å². The fourth-order valence-corrected chi connectivity index (χ4v) is 2.40. The van der Waals surface area contributed by atoms with E-state index in [-0.39, 0.29) is 41.5 Å². The topological polar surface area (TPSA) is 93.2 Å². The highest BCUT2D eigenvalue weighted by atomic mass is 19.4. The number of halogens is 4. The van der Waals surface area contributed by atoms with Crippen molar-refractivity contribution in [3.63, 3.8) is 0 Å². The van der Waals surface area contributed by atoms with Crippen LogP contribution in [-0.2, 0) is 11.3 Å². The molecule has 0 bridgehead atoms. The van der Waals surface area contributed by atoms with Gasteiger partial charge in [-0.25, -0.2) is 14.4 Å². The number of nitrogens with zero attached hydrogens (tertiary/aromatic N) is 2. The number of rotatable bonds is 7. The summed E-state index contributed by atoms with van der Waals surface area (Å²) in [5.74, 6) is -2.38. The number of aromatic nitrogens is 2. The fraction of sp³-hybridized carbons (Fsp3) is 0.368. The summed E-state index contributed by atoms with van der Waals surface area (Å²) in [4.78, 5) is 31.8. The molecule has 0 saturated carbocycles. The van der Waals surface area contributed by atoms with Crippen LogP contribution in [0.2, 0.25) is 0 Å². The van der Waals surface area contributed by atoms with Crippen LogP contribution in [0, 0.1) is 19.7 Å². The zero-order valence-corrected chi connectivity index (χ0v) is 16.5. The van der Waals surface area contributed by atoms with Crippen LogP contribution < -0.4 is 15.4 Å². The molecular formula is C19H20F4N4O3. The Morgan fingerprint density at radius 2 is 1.83 bits per heavy atom. The first-order chi connectivity index (χ1) is 14.0. The van der Waals surface area contributed by atoms with Gasteiger partial charge in [0.25, 0.3) is 11.8 Å². The van der Waals surface area contributed by atoms with E-state index in [1.54, 1.807) is 13.8 Å². The van der Waals surface area contributed by atoms with Gasteiger partial charge >= 0.3 is 6.18 Å². The number of hydrogen-bond acceptors (Lipinski definition) is 5. The molecule has 11 heteroatoms. The molecule has 0 spiro atoms. The van der Waals surface area contributed by atoms with Crippen molar-refractivity contribution < 1.29 is 31.9 Å². The molecule has 0 aliphatic rings. The number of aryl methyl sites for hydroxylation is 2. The van der Waals surface area contributed by atoms with Gasteiger partial charge in [-0.1, -0.05) is 6.92 Å². The maximum absolute atomic E-state index is 14.0. The first-order valence-electron chi connectivity index (χ1n) is 8.90. The van der Waals surface area contributed by atoms with Gasteiger partial charge in [-0.15, -0.1) is 0 Å². The number of hydrogen-bond donors (Lipinski definition) is 2. The van der Waals surface area contributed by atoms with Crippen molar-refractivity contribution in [2.75, 3.05) is 11.9 Å². The third kappa shape index (κ3) is 6.68. The van der Waals surface area contributed by atoms with Crippen LogP contribution in [0.4, 0.5) is 23.4 Å². The minimum absolute atomic E-state index is 0.119. The van der Waals surface area contributed by atoms with E-state index in [0.717, 1.165) is 6.07 Å². The van der Waals surface area contributed by atoms with E-state index < -0.39 is 30.4 Å². The summed E-state index contributed by atoms with van der Waals surface area (Å²) in [5.41, 5.74) is 1.20. The zero-order valence-electron chi connectivity index (χ0n) is 16.5. The van der Waals surface area contributed by atoms with Gasteiger partial charge in [0.1, 0.15) is 5.82 Å². The summed E-state index contributed by atoms with van der Waals surface area (Å²) >= 11 is 0. The van der Waals surface area contributed by atoms with E-state index in [2.05, 4.69) is 25.3 Å². The average Bonchev–Trinajstić information content (AvgIpc) is 2.65. The molecule has 0 aliphatic carbocycles. The Kier molecular flexibility index (Phi) is 7.30. The second kappa shape index (κ2) is 9.51. The van der Waals surface area contributed by atoms with Crippen molar-refractivity contribution in [2.24, 2.45) is 0 Å². The van der Waals surface area contributed by atoms with Crippen LogP contribution >= 0.6 is 0 Å². The third-order valence-electron chi connectivity index (χ3n) is 3.86. The van der Waals surface area contributed by atoms with Gasteiger partial charge in [0.05, 0.1) is 0 Å². The highest BCUT2D eigenvalue weighted by Crippen LogP contribution is 2.22. The average molecular weight is 428 g/mol. The van der Waals surface area contributed by atoms with Crippen molar-refractivity contribution in [3.05, 3.63) is 46.5 Å². The minimum Gasteiger partial charge on any atom is -0.466 e. The molecule has 0 fully saturated rings. The van der Waals surface area contributed by atoms with Gasteiger partial charge in [0.15, 0.2) is 12.4 Å². The molecule has 0 radical (unpaired) electrons. The van der Waals surface area contributed by atoms with Crippen LogP contribution in [0.25, 0.3) is 0 Å². The first kappa shape index (κ1) is 23.0. The smallest absolute Gasteiger partial charge is 0.422 e. The largest absolute Gasteiger partial charge is 0.466 e. The lowest BCUT2D eigenvalue weighted by Gasteiger charge is -2.13. The molecule has 2 N–H and O–H groups in total. The van der Waals surface area contributed by atoms with Gasteiger partial charge < -0.3 is 15.4 Å². The molecular weight excluding hydrogens is 408 g/mol. The maximum Gasteiger partial charge on any atom is 0.422 e. The summed E-state index contributed by atoms with van der Waals surface area (Å²) in [6.45, 7) is 3.00. The third-order valence-corrected chi connectivity index (χ3v) is 3.86. The Hall–Kier alpha value is -3.24. The number of carbonyl (C=O) groups excluding carboxylic acids is 2. The fourth-order valence-electron chi connectivity index (χ4n) is 2.40. The molecule has 0 atom stereocenters. The summed E-state index contributed by atoms with van der Waals surface area (Å²) in [6.07, 6.45) is -4.37. The van der Waals surface area contributed by atoms with Crippen molar-refractivity contribution in [1.82, 2.24) is 15.3 Å². The summed E-state index contributed by atoms with van der Waals surface area (Å²) < 4.78 is 55.0. The molecule has 30 heavy (non-hydrogen) atoms. The number of anilines is 1. The normalized spacial score (nSPS) is 11.2. The Labute approximate surface area is 169 Å². The van der Waals surface area contributed by atoms with Crippen LogP contribution in [0.3, 0.4) is 0 Å². The van der Waals surface area contributed by atoms with Gasteiger partial charge in [0.2, 0.25) is 5.91 Å². The number of nitrogens with one attached hydrogen (secondary N) is 2. The Balaban J connectivity index is 2.09. The van der Waals surface area contributed by atoms with Crippen LogP contribution in [0.15, 0.2) is 18.2 Å². The van der Waals surface area contributed by atoms with E-state index in [9.17, 15) is 27.2 Å². The molecule has 162 valence electrons. The van der Waals surface area contributed by atoms with E-state index in [4.69, 9.17) is 0 Å². The van der Waals surface area contributed by atoms with Crippen molar-refractivity contribution in [3.8, 4) is 5.88 Å². The second-order valence-electron chi connectivity index (χ2n) is 6.39. The summed E-state index contributed by atoms with van der Waals surface area (Å²) in [6, 6.07) is 3.87. The predicted molar refractivity (Wildman–Crippen MR) is 99.5 cm³/mol. The number of alkyl halides is 3. The maximum atomic E-state index is 14.0. The zero-order chi connectivity index (χ0) is 22.5. The van der Waals surface area contributed by atoms with Crippen molar-refractivity contribution in [2.45, 2.75) is 39.9 Å². The molecule has 2 rings (SSSR count). The van der Waals surface area contributed by atoms with E-state index >= 15 is 0 Å². The van der Waals surface area contributed by atoms with Crippen LogP contribution in [0.1, 0.15) is 40.7 Å². The molecule has 2 amide bonds. The quantitative estimate of drug-likeness (QED) is 0.659. The SMILES string of the molecule is CCC(=O)Nc1cc(C(=O)NCc2cc(F)c(OCC(F)(F)F)nc2C)cc(C)n1. The number of carbonyl (C=O) groups is 2. The predicted octanol–water partition coefficient (Wildman–Crippen LogP) is 3.45. The summed E-state index contributed by atoms with van der Waals surface area (Å²) in [7, 11) is 0. The van der Waals surface area contributed by atoms with Gasteiger partial charge in [0, 0.05) is 29.9 Å². The summed E-state index contributed by atoms with van der Waals surface area (Å²) in [5, 5.41) is 5.14. The standard InChI is InChI=1S/C19H20F4N4O3/c1-4-16(28)27-15-7-12(5-10(2)25-15)17(29)24-8-13-6-14(20)18(26-11(13)3)30-9-19(21,22)23/h5-7H,4,8-9H2,1-3H3,(H,24,29)(H,25,27,28). The number of pyridine rings is 2. The molecule has 0 unspecified atom stereocenters. The van der Waals surface area contributed by atoms with E-state index in [1.807, 2.05) is 0 Å². The van der Waals surface area contributed by atoms with E-state index in [1.165, 1.54) is 19.1 Å².